The zero-order valence-corrected chi connectivity index (χ0v) is 10.7. The Kier molecular flexibility index (Phi) is 8.95. The molecule has 17 heavy (non-hydrogen) atoms. The van der Waals surface area contributed by atoms with Crippen LogP contribution in [-0.4, -0.2) is 37.8 Å². The molecule has 0 aliphatic carbocycles. The van der Waals surface area contributed by atoms with Crippen molar-refractivity contribution in [2.45, 2.75) is 33.1 Å². The molecular formula is C11H21N3O3. The van der Waals surface area contributed by atoms with Gasteiger partial charge in [0, 0.05) is 26.0 Å². The summed E-state index contributed by atoms with van der Waals surface area (Å²) in [5.74, 6) is -1.40. The lowest BCUT2D eigenvalue weighted by Crippen LogP contribution is -2.38. The Morgan fingerprint density at radius 3 is 2.35 bits per heavy atom. The van der Waals surface area contributed by atoms with Gasteiger partial charge in [0.25, 0.3) is 0 Å². The molecule has 0 fully saturated rings. The fraction of sp³-hybridized carbons (Fsp3) is 0.727. The maximum atomic E-state index is 11.3. The lowest BCUT2D eigenvalue weighted by molar-refractivity contribution is -0.139. The van der Waals surface area contributed by atoms with Gasteiger partial charge in [0.15, 0.2) is 0 Å². The van der Waals surface area contributed by atoms with Crippen LogP contribution in [0.1, 0.15) is 33.1 Å². The first-order valence-corrected chi connectivity index (χ1v) is 5.78. The monoisotopic (exact) mass is 243 g/mol. The summed E-state index contributed by atoms with van der Waals surface area (Å²) < 4.78 is 4.82. The van der Waals surface area contributed by atoms with E-state index in [1.165, 1.54) is 0 Å². The molecule has 0 rings (SSSR count). The van der Waals surface area contributed by atoms with Crippen molar-refractivity contribution >= 4 is 17.5 Å². The van der Waals surface area contributed by atoms with Crippen LogP contribution in [0.15, 0.2) is 5.10 Å². The molecule has 0 atom stereocenters. The summed E-state index contributed by atoms with van der Waals surface area (Å²) in [5, 5.41) is 6.33. The zero-order chi connectivity index (χ0) is 13.1. The molecule has 0 spiro atoms. The Balaban J connectivity index is 3.89. The van der Waals surface area contributed by atoms with E-state index >= 15 is 0 Å². The van der Waals surface area contributed by atoms with Gasteiger partial charge < -0.3 is 10.1 Å². The molecule has 6 heteroatoms. The number of methoxy groups -OCH3 is 1. The summed E-state index contributed by atoms with van der Waals surface area (Å²) in [6.45, 7) is 4.85. The molecule has 0 bridgehead atoms. The van der Waals surface area contributed by atoms with E-state index in [1.807, 2.05) is 13.8 Å². The van der Waals surface area contributed by atoms with Crippen molar-refractivity contribution in [1.29, 1.82) is 0 Å². The van der Waals surface area contributed by atoms with Crippen LogP contribution in [0.5, 0.6) is 0 Å². The lowest BCUT2D eigenvalue weighted by Gasteiger charge is -2.04. The SMILES string of the molecule is CCC(CC)=NNC(=O)C(=O)NCCCOC. The largest absolute Gasteiger partial charge is 0.385 e. The van der Waals surface area contributed by atoms with E-state index in [0.29, 0.717) is 19.6 Å². The van der Waals surface area contributed by atoms with Crippen molar-refractivity contribution in [3.63, 3.8) is 0 Å². The van der Waals surface area contributed by atoms with Gasteiger partial charge in [-0.1, -0.05) is 13.8 Å². The first-order valence-electron chi connectivity index (χ1n) is 5.78. The number of rotatable bonds is 7. The lowest BCUT2D eigenvalue weighted by atomic mass is 10.2. The fourth-order valence-electron chi connectivity index (χ4n) is 1.09. The molecule has 6 nitrogen and oxygen atoms in total. The van der Waals surface area contributed by atoms with E-state index in [2.05, 4.69) is 15.8 Å². The maximum Gasteiger partial charge on any atom is 0.329 e. The Hall–Kier alpha value is -1.43. The van der Waals surface area contributed by atoms with Crippen molar-refractivity contribution < 1.29 is 14.3 Å². The third kappa shape index (κ3) is 7.46. The Morgan fingerprint density at radius 1 is 1.18 bits per heavy atom. The number of amides is 2. The predicted molar refractivity (Wildman–Crippen MR) is 65.7 cm³/mol. The van der Waals surface area contributed by atoms with Crippen LogP contribution in [0.2, 0.25) is 0 Å². The van der Waals surface area contributed by atoms with E-state index in [9.17, 15) is 9.59 Å². The molecule has 0 aliphatic heterocycles. The van der Waals surface area contributed by atoms with Crippen LogP contribution >= 0.6 is 0 Å². The Morgan fingerprint density at radius 2 is 1.82 bits per heavy atom. The van der Waals surface area contributed by atoms with Crippen molar-refractivity contribution in [2.75, 3.05) is 20.3 Å². The maximum absolute atomic E-state index is 11.3. The summed E-state index contributed by atoms with van der Waals surface area (Å²) in [7, 11) is 1.58. The number of nitrogens with zero attached hydrogens (tertiary/aromatic N) is 1. The number of ether oxygens (including phenoxy) is 1. The smallest absolute Gasteiger partial charge is 0.329 e. The standard InChI is InChI=1S/C11H21N3O3/c1-4-9(5-2)13-14-11(16)10(15)12-7-6-8-17-3/h4-8H2,1-3H3,(H,12,15)(H,14,16). The van der Waals surface area contributed by atoms with Crippen LogP contribution in [-0.2, 0) is 14.3 Å². The number of nitrogens with one attached hydrogen (secondary N) is 2. The molecule has 0 aromatic rings. The molecular weight excluding hydrogens is 222 g/mol. The molecule has 2 amide bonds. The van der Waals surface area contributed by atoms with E-state index in [1.54, 1.807) is 7.11 Å². The fourth-order valence-corrected chi connectivity index (χ4v) is 1.09. The number of carbonyl (C=O) groups excluding carboxylic acids is 2. The molecule has 98 valence electrons. The van der Waals surface area contributed by atoms with Crippen LogP contribution in [0.4, 0.5) is 0 Å². The quantitative estimate of drug-likeness (QED) is 0.294. The number of hydrazone groups is 1. The minimum atomic E-state index is -0.734. The first kappa shape index (κ1) is 15.6. The predicted octanol–water partition coefficient (Wildman–Crippen LogP) is 0.431. The summed E-state index contributed by atoms with van der Waals surface area (Å²) >= 11 is 0. The molecule has 0 aromatic heterocycles. The topological polar surface area (TPSA) is 79.8 Å². The van der Waals surface area contributed by atoms with Crippen LogP contribution < -0.4 is 10.7 Å². The summed E-state index contributed by atoms with van der Waals surface area (Å²) in [4.78, 5) is 22.5. The molecule has 0 unspecified atom stereocenters. The summed E-state index contributed by atoms with van der Waals surface area (Å²) in [6.07, 6.45) is 2.19. The molecule has 0 aromatic carbocycles. The molecule has 0 saturated heterocycles. The van der Waals surface area contributed by atoms with Crippen molar-refractivity contribution in [1.82, 2.24) is 10.7 Å². The van der Waals surface area contributed by atoms with Crippen LogP contribution in [0, 0.1) is 0 Å². The Labute approximate surface area is 102 Å². The van der Waals surface area contributed by atoms with E-state index in [-0.39, 0.29) is 0 Å². The van der Waals surface area contributed by atoms with Gasteiger partial charge >= 0.3 is 11.8 Å². The molecule has 2 N–H and O–H groups in total. The minimum absolute atomic E-state index is 0.415. The van der Waals surface area contributed by atoms with Gasteiger partial charge in [-0.3, -0.25) is 9.59 Å². The highest BCUT2D eigenvalue weighted by atomic mass is 16.5. The molecule has 0 radical (unpaired) electrons. The van der Waals surface area contributed by atoms with Gasteiger partial charge in [0.05, 0.1) is 0 Å². The number of hydrogen-bond acceptors (Lipinski definition) is 4. The second-order valence-corrected chi connectivity index (χ2v) is 3.43. The van der Waals surface area contributed by atoms with Crippen molar-refractivity contribution in [3.05, 3.63) is 0 Å². The highest BCUT2D eigenvalue weighted by molar-refractivity contribution is 6.35. The first-order chi connectivity index (χ1) is 8.15. The summed E-state index contributed by atoms with van der Waals surface area (Å²) in [5.41, 5.74) is 3.08. The molecule has 0 heterocycles. The Bertz CT molecular complexity index is 271. The number of carbonyl (C=O) groups is 2. The average Bonchev–Trinajstić information content (AvgIpc) is 2.35. The van der Waals surface area contributed by atoms with Crippen molar-refractivity contribution in [3.8, 4) is 0 Å². The third-order valence-corrected chi connectivity index (χ3v) is 2.15. The third-order valence-electron chi connectivity index (χ3n) is 2.15. The zero-order valence-electron chi connectivity index (χ0n) is 10.7. The van der Waals surface area contributed by atoms with Gasteiger partial charge in [-0.05, 0) is 19.3 Å². The van der Waals surface area contributed by atoms with Gasteiger partial charge in [-0.25, -0.2) is 5.43 Å². The van der Waals surface area contributed by atoms with Gasteiger partial charge in [-0.2, -0.15) is 5.10 Å². The van der Waals surface area contributed by atoms with Crippen LogP contribution in [0.25, 0.3) is 0 Å². The number of hydrogen-bond donors (Lipinski definition) is 2. The average molecular weight is 243 g/mol. The molecule has 0 saturated carbocycles. The second-order valence-electron chi connectivity index (χ2n) is 3.43. The normalized spacial score (nSPS) is 9.59. The second kappa shape index (κ2) is 9.77. The molecule has 0 aliphatic rings. The van der Waals surface area contributed by atoms with Gasteiger partial charge in [0.1, 0.15) is 0 Å². The van der Waals surface area contributed by atoms with E-state index in [0.717, 1.165) is 18.6 Å². The highest BCUT2D eigenvalue weighted by Crippen LogP contribution is 1.89. The summed E-state index contributed by atoms with van der Waals surface area (Å²) in [6, 6.07) is 0. The van der Waals surface area contributed by atoms with Crippen molar-refractivity contribution in [2.24, 2.45) is 5.10 Å². The van der Waals surface area contributed by atoms with E-state index in [4.69, 9.17) is 4.74 Å². The van der Waals surface area contributed by atoms with Crippen LogP contribution in [0.3, 0.4) is 0 Å². The van der Waals surface area contributed by atoms with E-state index < -0.39 is 11.8 Å². The highest BCUT2D eigenvalue weighted by Gasteiger charge is 2.11. The van der Waals surface area contributed by atoms with Gasteiger partial charge in [-0.15, -0.1) is 0 Å². The van der Waals surface area contributed by atoms with Gasteiger partial charge in [0.2, 0.25) is 0 Å². The minimum Gasteiger partial charge on any atom is -0.385 e.